The second-order valence-electron chi connectivity index (χ2n) is 7.26. The number of nitrogens with one attached hydrogen (secondary N) is 2. The van der Waals surface area contributed by atoms with Crippen LogP contribution in [-0.2, 0) is 18.3 Å². The largest absolute Gasteiger partial charge is 0.401 e. The zero-order chi connectivity index (χ0) is 18.3. The van der Waals surface area contributed by atoms with E-state index in [1.54, 1.807) is 0 Å². The number of aryl methyl sites for hydroxylation is 2. The molecule has 2 nitrogen and oxygen atoms in total. The van der Waals surface area contributed by atoms with Crippen molar-refractivity contribution in [1.29, 1.82) is 0 Å². The van der Waals surface area contributed by atoms with Crippen molar-refractivity contribution in [2.24, 2.45) is 0 Å². The highest BCUT2D eigenvalue weighted by atomic mass is 19.4. The van der Waals surface area contributed by atoms with Crippen LogP contribution in [0.4, 0.5) is 13.2 Å². The van der Waals surface area contributed by atoms with Crippen LogP contribution < -0.4 is 10.6 Å². The van der Waals surface area contributed by atoms with E-state index >= 15 is 0 Å². The number of hydrogen-bond donors (Lipinski definition) is 2. The Morgan fingerprint density at radius 3 is 2.44 bits per heavy atom. The van der Waals surface area contributed by atoms with Crippen molar-refractivity contribution >= 4 is 0 Å². The molecule has 0 radical (unpaired) electrons. The van der Waals surface area contributed by atoms with Crippen molar-refractivity contribution in [3.8, 4) is 0 Å². The molecule has 0 saturated carbocycles. The Balaban J connectivity index is 2.25. The summed E-state index contributed by atoms with van der Waals surface area (Å²) < 4.78 is 37.7. The fourth-order valence-corrected chi connectivity index (χ4v) is 3.88. The van der Waals surface area contributed by atoms with Crippen LogP contribution in [0.3, 0.4) is 0 Å². The van der Waals surface area contributed by atoms with E-state index in [2.05, 4.69) is 42.7 Å². The van der Waals surface area contributed by atoms with Gasteiger partial charge >= 0.3 is 6.18 Å². The molecule has 0 unspecified atom stereocenters. The maximum atomic E-state index is 12.6. The first kappa shape index (κ1) is 20.2. The van der Waals surface area contributed by atoms with Gasteiger partial charge in [0.2, 0.25) is 0 Å². The van der Waals surface area contributed by atoms with Gasteiger partial charge in [-0.05, 0) is 48.9 Å². The van der Waals surface area contributed by atoms with Gasteiger partial charge in [-0.2, -0.15) is 13.2 Å². The summed E-state index contributed by atoms with van der Waals surface area (Å²) in [5.41, 5.74) is 3.67. The summed E-state index contributed by atoms with van der Waals surface area (Å²) in [6.45, 7) is 5.46. The molecule has 0 spiro atoms. The van der Waals surface area contributed by atoms with E-state index in [0.717, 1.165) is 51.6 Å². The van der Waals surface area contributed by atoms with Crippen LogP contribution in [0.2, 0.25) is 0 Å². The monoisotopic (exact) mass is 356 g/mol. The van der Waals surface area contributed by atoms with Gasteiger partial charge in [0.15, 0.2) is 0 Å². The highest BCUT2D eigenvalue weighted by Gasteiger charge is 2.36. The molecule has 0 aliphatic carbocycles. The topological polar surface area (TPSA) is 24.1 Å². The lowest BCUT2D eigenvalue weighted by molar-refractivity contribution is -0.125. The Morgan fingerprint density at radius 1 is 1.12 bits per heavy atom. The SMILES string of the molecule is CCCc1ccc([C@@]2(CNCC(F)(F)F)CCCNC2)cc1CCC. The number of alkyl halides is 3. The minimum Gasteiger partial charge on any atom is -0.316 e. The molecule has 1 aliphatic heterocycles. The molecule has 2 rings (SSSR count). The van der Waals surface area contributed by atoms with Crippen molar-refractivity contribution in [1.82, 2.24) is 10.6 Å². The zero-order valence-corrected chi connectivity index (χ0v) is 15.4. The van der Waals surface area contributed by atoms with Gasteiger partial charge in [-0.15, -0.1) is 0 Å². The molecule has 1 atom stereocenters. The summed E-state index contributed by atoms with van der Waals surface area (Å²) in [5, 5.41) is 6.05. The molecule has 1 aromatic carbocycles. The first-order valence-electron chi connectivity index (χ1n) is 9.50. The van der Waals surface area contributed by atoms with Crippen molar-refractivity contribution < 1.29 is 13.2 Å². The Labute approximate surface area is 149 Å². The number of piperidine rings is 1. The second kappa shape index (κ2) is 9.04. The summed E-state index contributed by atoms with van der Waals surface area (Å²) in [4.78, 5) is 0. The average Bonchev–Trinajstić information content (AvgIpc) is 2.56. The number of halogens is 3. The maximum Gasteiger partial charge on any atom is 0.401 e. The number of hydrogen-bond acceptors (Lipinski definition) is 2. The molecule has 1 saturated heterocycles. The molecule has 0 bridgehead atoms. The molecule has 0 amide bonds. The smallest absolute Gasteiger partial charge is 0.316 e. The fourth-order valence-electron chi connectivity index (χ4n) is 3.88. The lowest BCUT2D eigenvalue weighted by atomic mass is 9.73. The van der Waals surface area contributed by atoms with Crippen LogP contribution in [0.25, 0.3) is 0 Å². The average molecular weight is 356 g/mol. The molecule has 1 aromatic rings. The summed E-state index contributed by atoms with van der Waals surface area (Å²) in [5.74, 6) is 0. The second-order valence-corrected chi connectivity index (χ2v) is 7.26. The Kier molecular flexibility index (Phi) is 7.32. The molecular weight excluding hydrogens is 325 g/mol. The third kappa shape index (κ3) is 5.71. The molecule has 142 valence electrons. The van der Waals surface area contributed by atoms with Crippen LogP contribution in [0.15, 0.2) is 18.2 Å². The molecule has 1 heterocycles. The Morgan fingerprint density at radius 2 is 1.84 bits per heavy atom. The Bertz CT molecular complexity index is 534. The van der Waals surface area contributed by atoms with E-state index in [0.29, 0.717) is 6.54 Å². The van der Waals surface area contributed by atoms with Crippen LogP contribution in [0.5, 0.6) is 0 Å². The third-order valence-electron chi connectivity index (χ3n) is 5.12. The van der Waals surface area contributed by atoms with Crippen molar-refractivity contribution in [2.75, 3.05) is 26.2 Å². The zero-order valence-electron chi connectivity index (χ0n) is 15.4. The summed E-state index contributed by atoms with van der Waals surface area (Å²) in [6.07, 6.45) is 2.03. The normalized spacial score (nSPS) is 21.5. The molecule has 25 heavy (non-hydrogen) atoms. The predicted molar refractivity (Wildman–Crippen MR) is 97.1 cm³/mol. The minimum absolute atomic E-state index is 0.253. The van der Waals surface area contributed by atoms with Gasteiger partial charge in [-0.1, -0.05) is 44.9 Å². The quantitative estimate of drug-likeness (QED) is 0.723. The van der Waals surface area contributed by atoms with E-state index in [1.165, 1.54) is 16.7 Å². The van der Waals surface area contributed by atoms with E-state index in [4.69, 9.17) is 0 Å². The van der Waals surface area contributed by atoms with Gasteiger partial charge in [0.25, 0.3) is 0 Å². The standard InChI is InChI=1S/C20H31F3N2/c1-3-6-16-8-9-18(12-17(16)7-4-2)19(10-5-11-24-13-19)14-25-15-20(21,22)23/h8-9,12,24-25H,3-7,10-11,13-15H2,1-2H3/t19-/m0/s1. The van der Waals surface area contributed by atoms with E-state index in [9.17, 15) is 13.2 Å². The predicted octanol–water partition coefficient (Wildman–Crippen LogP) is 4.36. The first-order chi connectivity index (χ1) is 11.9. The molecule has 1 aliphatic rings. The van der Waals surface area contributed by atoms with Gasteiger partial charge in [-0.25, -0.2) is 0 Å². The van der Waals surface area contributed by atoms with Gasteiger partial charge < -0.3 is 10.6 Å². The molecular formula is C20H31F3N2. The van der Waals surface area contributed by atoms with Crippen LogP contribution >= 0.6 is 0 Å². The van der Waals surface area contributed by atoms with Crippen LogP contribution in [0, 0.1) is 0 Å². The molecule has 2 N–H and O–H groups in total. The lowest BCUT2D eigenvalue weighted by Gasteiger charge is -2.39. The molecule has 0 aromatic heterocycles. The highest BCUT2D eigenvalue weighted by molar-refractivity contribution is 5.37. The Hall–Kier alpha value is -1.07. The summed E-state index contributed by atoms with van der Waals surface area (Å²) in [6, 6.07) is 6.60. The van der Waals surface area contributed by atoms with E-state index in [1.807, 2.05) is 0 Å². The van der Waals surface area contributed by atoms with Crippen molar-refractivity contribution in [3.63, 3.8) is 0 Å². The molecule has 5 heteroatoms. The van der Waals surface area contributed by atoms with E-state index in [-0.39, 0.29) is 5.41 Å². The maximum absolute atomic E-state index is 12.6. The van der Waals surface area contributed by atoms with Crippen LogP contribution in [-0.4, -0.2) is 32.4 Å². The van der Waals surface area contributed by atoms with Crippen molar-refractivity contribution in [2.45, 2.75) is 64.0 Å². The van der Waals surface area contributed by atoms with E-state index < -0.39 is 12.7 Å². The first-order valence-corrected chi connectivity index (χ1v) is 9.50. The van der Waals surface area contributed by atoms with Gasteiger partial charge in [0, 0.05) is 18.5 Å². The lowest BCUT2D eigenvalue weighted by Crippen LogP contribution is -2.50. The van der Waals surface area contributed by atoms with Gasteiger partial charge in [0.05, 0.1) is 6.54 Å². The fraction of sp³-hybridized carbons (Fsp3) is 0.700. The van der Waals surface area contributed by atoms with Crippen molar-refractivity contribution in [3.05, 3.63) is 34.9 Å². The summed E-state index contributed by atoms with van der Waals surface area (Å²) >= 11 is 0. The third-order valence-corrected chi connectivity index (χ3v) is 5.12. The summed E-state index contributed by atoms with van der Waals surface area (Å²) in [7, 11) is 0. The minimum atomic E-state index is -4.17. The van der Waals surface area contributed by atoms with Crippen LogP contribution in [0.1, 0.15) is 56.2 Å². The molecule has 1 fully saturated rings. The highest BCUT2D eigenvalue weighted by Crippen LogP contribution is 2.33. The van der Waals surface area contributed by atoms with Gasteiger partial charge in [-0.3, -0.25) is 0 Å². The number of rotatable bonds is 8. The van der Waals surface area contributed by atoms with Gasteiger partial charge in [0.1, 0.15) is 0 Å². The number of benzene rings is 1.